The van der Waals surface area contributed by atoms with Gasteiger partial charge in [0.15, 0.2) is 0 Å². The highest BCUT2D eigenvalue weighted by Gasteiger charge is 2.28. The van der Waals surface area contributed by atoms with Crippen LogP contribution < -0.4 is 4.74 Å². The summed E-state index contributed by atoms with van der Waals surface area (Å²) >= 11 is 6.09. The highest BCUT2D eigenvalue weighted by molar-refractivity contribution is 6.30. The number of ether oxygens (including phenoxy) is 1. The van der Waals surface area contributed by atoms with E-state index in [0.717, 1.165) is 34.2 Å². The number of carbonyl (C=O) groups excluding carboxylic acids is 1. The smallest absolute Gasteiger partial charge is 0.253 e. The van der Waals surface area contributed by atoms with Crippen LogP contribution >= 0.6 is 11.6 Å². The van der Waals surface area contributed by atoms with E-state index in [-0.39, 0.29) is 12.0 Å². The Morgan fingerprint density at radius 1 is 0.968 bits per heavy atom. The van der Waals surface area contributed by atoms with Crippen LogP contribution in [0, 0.1) is 0 Å². The molecule has 1 aliphatic rings. The van der Waals surface area contributed by atoms with Crippen molar-refractivity contribution in [3.8, 4) is 16.9 Å². The second-order valence-corrected chi connectivity index (χ2v) is 8.14. The number of carbonyl (C=O) groups is 1. The molecule has 3 aromatic carbocycles. The Morgan fingerprint density at radius 3 is 2.61 bits per heavy atom. The standard InChI is InChI=1S/C26H21ClN2O2/c27-22-7-1-5-21(16-22)18-9-11-20(12-10-18)26(30)29-15-13-23(17-29)31-24-8-2-4-19-6-3-14-28-25(19)24/h1-12,14,16,23H,13,15,17H2. The average molecular weight is 429 g/mol. The second kappa shape index (κ2) is 8.40. The highest BCUT2D eigenvalue weighted by atomic mass is 35.5. The molecule has 4 aromatic rings. The van der Waals surface area contributed by atoms with Gasteiger partial charge in [0.1, 0.15) is 17.4 Å². The van der Waals surface area contributed by atoms with Crippen LogP contribution in [0.3, 0.4) is 0 Å². The number of hydrogen-bond acceptors (Lipinski definition) is 3. The second-order valence-electron chi connectivity index (χ2n) is 7.70. The number of pyridine rings is 1. The van der Waals surface area contributed by atoms with E-state index in [2.05, 4.69) is 4.98 Å². The summed E-state index contributed by atoms with van der Waals surface area (Å²) in [5.41, 5.74) is 3.60. The third kappa shape index (κ3) is 4.12. The predicted octanol–water partition coefficient (Wildman–Crippen LogP) is 5.85. The molecule has 154 valence electrons. The summed E-state index contributed by atoms with van der Waals surface area (Å²) in [6, 6.07) is 25.2. The van der Waals surface area contributed by atoms with Crippen LogP contribution in [0.25, 0.3) is 22.0 Å². The van der Waals surface area contributed by atoms with Crippen molar-refractivity contribution in [2.75, 3.05) is 13.1 Å². The number of para-hydroxylation sites is 1. The normalized spacial score (nSPS) is 15.9. The van der Waals surface area contributed by atoms with Crippen molar-refractivity contribution in [2.45, 2.75) is 12.5 Å². The molecule has 0 radical (unpaired) electrons. The lowest BCUT2D eigenvalue weighted by molar-refractivity contribution is 0.0773. The number of fused-ring (bicyclic) bond motifs is 1. The van der Waals surface area contributed by atoms with E-state index < -0.39 is 0 Å². The maximum atomic E-state index is 13.0. The molecular formula is C26H21ClN2O2. The lowest BCUT2D eigenvalue weighted by Gasteiger charge is -2.18. The van der Waals surface area contributed by atoms with Crippen LogP contribution in [0.4, 0.5) is 0 Å². The Bertz CT molecular complexity index is 1230. The number of amides is 1. The number of likely N-dealkylation sites (tertiary alicyclic amines) is 1. The summed E-state index contributed by atoms with van der Waals surface area (Å²) in [5.74, 6) is 0.795. The molecule has 1 unspecified atom stereocenters. The Kier molecular flexibility index (Phi) is 5.31. The molecule has 5 rings (SSSR count). The quantitative estimate of drug-likeness (QED) is 0.409. The fourth-order valence-electron chi connectivity index (χ4n) is 4.02. The first-order valence-electron chi connectivity index (χ1n) is 10.3. The molecule has 0 N–H and O–H groups in total. The van der Waals surface area contributed by atoms with Gasteiger partial charge in [-0.2, -0.15) is 0 Å². The molecule has 0 bridgehead atoms. The van der Waals surface area contributed by atoms with E-state index in [0.29, 0.717) is 23.7 Å². The van der Waals surface area contributed by atoms with Gasteiger partial charge in [-0.25, -0.2) is 0 Å². The number of nitrogens with zero attached hydrogens (tertiary/aromatic N) is 2. The van der Waals surface area contributed by atoms with Crippen LogP contribution in [0.2, 0.25) is 5.02 Å². The lowest BCUT2D eigenvalue weighted by Crippen LogP contribution is -2.30. The molecule has 2 heterocycles. The van der Waals surface area contributed by atoms with Gasteiger partial charge in [0, 0.05) is 35.1 Å². The maximum absolute atomic E-state index is 13.0. The molecular weight excluding hydrogens is 408 g/mol. The summed E-state index contributed by atoms with van der Waals surface area (Å²) < 4.78 is 6.22. The molecule has 5 heteroatoms. The molecule has 31 heavy (non-hydrogen) atoms. The topological polar surface area (TPSA) is 42.4 Å². The Balaban J connectivity index is 1.27. The van der Waals surface area contributed by atoms with Crippen LogP contribution in [0.1, 0.15) is 16.8 Å². The minimum Gasteiger partial charge on any atom is -0.486 e. The van der Waals surface area contributed by atoms with Gasteiger partial charge < -0.3 is 9.64 Å². The monoisotopic (exact) mass is 428 g/mol. The molecule has 0 aliphatic carbocycles. The molecule has 1 saturated heterocycles. The molecule has 0 spiro atoms. The molecule has 4 nitrogen and oxygen atoms in total. The van der Waals surface area contributed by atoms with Gasteiger partial charge in [-0.3, -0.25) is 9.78 Å². The van der Waals surface area contributed by atoms with Crippen molar-refractivity contribution >= 4 is 28.4 Å². The molecule has 0 saturated carbocycles. The zero-order valence-electron chi connectivity index (χ0n) is 16.9. The summed E-state index contributed by atoms with van der Waals surface area (Å²) in [4.78, 5) is 19.3. The number of aromatic nitrogens is 1. The van der Waals surface area contributed by atoms with Crippen LogP contribution in [-0.4, -0.2) is 35.0 Å². The van der Waals surface area contributed by atoms with Crippen molar-refractivity contribution in [2.24, 2.45) is 0 Å². The van der Waals surface area contributed by atoms with Gasteiger partial charge >= 0.3 is 0 Å². The first-order chi connectivity index (χ1) is 15.2. The summed E-state index contributed by atoms with van der Waals surface area (Å²) in [6.45, 7) is 1.25. The largest absolute Gasteiger partial charge is 0.486 e. The Labute approximate surface area is 186 Å². The fraction of sp³-hybridized carbons (Fsp3) is 0.154. The van der Waals surface area contributed by atoms with E-state index >= 15 is 0 Å². The fourth-order valence-corrected chi connectivity index (χ4v) is 4.21. The summed E-state index contributed by atoms with van der Waals surface area (Å²) in [5, 5.41) is 1.74. The zero-order valence-corrected chi connectivity index (χ0v) is 17.6. The lowest BCUT2D eigenvalue weighted by atomic mass is 10.0. The van der Waals surface area contributed by atoms with Crippen molar-refractivity contribution < 1.29 is 9.53 Å². The third-order valence-corrected chi connectivity index (χ3v) is 5.85. The Morgan fingerprint density at radius 2 is 1.77 bits per heavy atom. The number of hydrogen-bond donors (Lipinski definition) is 0. The molecule has 1 aliphatic heterocycles. The van der Waals surface area contributed by atoms with E-state index in [1.54, 1.807) is 6.20 Å². The van der Waals surface area contributed by atoms with E-state index in [1.807, 2.05) is 83.8 Å². The van der Waals surface area contributed by atoms with Crippen molar-refractivity contribution in [3.63, 3.8) is 0 Å². The third-order valence-electron chi connectivity index (χ3n) is 5.61. The molecule has 1 fully saturated rings. The minimum absolute atomic E-state index is 0.0276. The van der Waals surface area contributed by atoms with Crippen molar-refractivity contribution in [1.82, 2.24) is 9.88 Å². The number of rotatable bonds is 4. The highest BCUT2D eigenvalue weighted by Crippen LogP contribution is 2.27. The predicted molar refractivity (Wildman–Crippen MR) is 124 cm³/mol. The average Bonchev–Trinajstić information content (AvgIpc) is 3.27. The molecule has 1 atom stereocenters. The Hall–Kier alpha value is -3.37. The van der Waals surface area contributed by atoms with E-state index in [4.69, 9.17) is 16.3 Å². The van der Waals surface area contributed by atoms with Gasteiger partial charge in [-0.05, 0) is 47.5 Å². The summed E-state index contributed by atoms with van der Waals surface area (Å²) in [7, 11) is 0. The van der Waals surface area contributed by atoms with Gasteiger partial charge in [0.2, 0.25) is 0 Å². The summed E-state index contributed by atoms with van der Waals surface area (Å²) in [6.07, 6.45) is 2.53. The van der Waals surface area contributed by atoms with Crippen LogP contribution in [-0.2, 0) is 0 Å². The van der Waals surface area contributed by atoms with Gasteiger partial charge in [-0.15, -0.1) is 0 Å². The van der Waals surface area contributed by atoms with Gasteiger partial charge in [0.25, 0.3) is 5.91 Å². The first-order valence-corrected chi connectivity index (χ1v) is 10.7. The van der Waals surface area contributed by atoms with Crippen LogP contribution in [0.5, 0.6) is 5.75 Å². The van der Waals surface area contributed by atoms with Crippen LogP contribution in [0.15, 0.2) is 85.1 Å². The number of halogens is 1. The zero-order chi connectivity index (χ0) is 21.2. The minimum atomic E-state index is -0.0395. The maximum Gasteiger partial charge on any atom is 0.253 e. The number of benzene rings is 3. The van der Waals surface area contributed by atoms with E-state index in [1.165, 1.54) is 0 Å². The molecule has 1 aromatic heterocycles. The van der Waals surface area contributed by atoms with Gasteiger partial charge in [0.05, 0.1) is 6.54 Å². The first kappa shape index (κ1) is 19.6. The van der Waals surface area contributed by atoms with E-state index in [9.17, 15) is 4.79 Å². The van der Waals surface area contributed by atoms with Gasteiger partial charge in [-0.1, -0.05) is 54.1 Å². The van der Waals surface area contributed by atoms with Crippen molar-refractivity contribution in [3.05, 3.63) is 95.6 Å². The van der Waals surface area contributed by atoms with Crippen molar-refractivity contribution in [1.29, 1.82) is 0 Å². The molecule has 1 amide bonds. The SMILES string of the molecule is O=C(c1ccc(-c2cccc(Cl)c2)cc1)N1CCC(Oc2cccc3cccnc23)C1.